The number of hydrogen-bond acceptors (Lipinski definition) is 3. The molecular weight excluding hydrogens is 256 g/mol. The number of para-hydroxylation sites is 1. The summed E-state index contributed by atoms with van der Waals surface area (Å²) in [5.41, 5.74) is 0.817. The Balaban J connectivity index is 2.25. The third-order valence-electron chi connectivity index (χ3n) is 2.30. The standard InChI is InChI=1S/C12H11ClN2O3/c1-8(12(16)17)18-11-10(13)7-15(14-11)9-5-3-2-4-6-9/h2-8H,1H3,(H,16,17)/t8-/m0/s1. The fourth-order valence-electron chi connectivity index (χ4n) is 1.35. The molecule has 0 spiro atoms. The SMILES string of the molecule is C[C@H](Oc1nn(-c2ccccc2)cc1Cl)C(=O)O. The maximum Gasteiger partial charge on any atom is 0.344 e. The van der Waals surface area contributed by atoms with Crippen LogP contribution in [0, 0.1) is 0 Å². The minimum Gasteiger partial charge on any atom is -0.479 e. The summed E-state index contributed by atoms with van der Waals surface area (Å²) in [5, 5.41) is 13.1. The average molecular weight is 267 g/mol. The highest BCUT2D eigenvalue weighted by Gasteiger charge is 2.17. The monoisotopic (exact) mass is 266 g/mol. The van der Waals surface area contributed by atoms with Crippen LogP contribution in [0.3, 0.4) is 0 Å². The van der Waals surface area contributed by atoms with E-state index in [9.17, 15) is 4.79 Å². The van der Waals surface area contributed by atoms with Crippen LogP contribution in [0.15, 0.2) is 36.5 Å². The molecule has 0 aliphatic heterocycles. The van der Waals surface area contributed by atoms with Gasteiger partial charge in [-0.2, -0.15) is 0 Å². The Morgan fingerprint density at radius 2 is 2.11 bits per heavy atom. The van der Waals surface area contributed by atoms with Crippen molar-refractivity contribution in [3.05, 3.63) is 41.6 Å². The lowest BCUT2D eigenvalue weighted by atomic mass is 10.3. The van der Waals surface area contributed by atoms with Crippen molar-refractivity contribution in [2.75, 3.05) is 0 Å². The Bertz CT molecular complexity index is 554. The van der Waals surface area contributed by atoms with Crippen molar-refractivity contribution in [1.29, 1.82) is 0 Å². The number of aromatic nitrogens is 2. The zero-order valence-electron chi connectivity index (χ0n) is 9.58. The van der Waals surface area contributed by atoms with Gasteiger partial charge in [-0.15, -0.1) is 5.10 Å². The summed E-state index contributed by atoms with van der Waals surface area (Å²) < 4.78 is 6.68. The van der Waals surface area contributed by atoms with Gasteiger partial charge in [0.05, 0.1) is 11.9 Å². The van der Waals surface area contributed by atoms with Crippen LogP contribution in [-0.2, 0) is 4.79 Å². The van der Waals surface area contributed by atoms with Crippen molar-refractivity contribution in [2.24, 2.45) is 0 Å². The van der Waals surface area contributed by atoms with Crippen molar-refractivity contribution in [1.82, 2.24) is 9.78 Å². The quantitative estimate of drug-likeness (QED) is 0.923. The summed E-state index contributed by atoms with van der Waals surface area (Å²) in [6.07, 6.45) is 0.572. The fraction of sp³-hybridized carbons (Fsp3) is 0.167. The molecule has 0 amide bonds. The molecule has 0 radical (unpaired) electrons. The number of rotatable bonds is 4. The van der Waals surface area contributed by atoms with Crippen LogP contribution in [0.4, 0.5) is 0 Å². The highest BCUT2D eigenvalue weighted by atomic mass is 35.5. The summed E-state index contributed by atoms with van der Waals surface area (Å²) in [5.74, 6) is -0.962. The summed E-state index contributed by atoms with van der Waals surface area (Å²) in [6, 6.07) is 9.33. The number of ether oxygens (including phenoxy) is 1. The number of hydrogen-bond donors (Lipinski definition) is 1. The van der Waals surface area contributed by atoms with Gasteiger partial charge in [0.1, 0.15) is 5.02 Å². The molecule has 2 rings (SSSR count). The van der Waals surface area contributed by atoms with Crippen LogP contribution in [0.25, 0.3) is 5.69 Å². The molecule has 1 N–H and O–H groups in total. The van der Waals surface area contributed by atoms with E-state index in [1.807, 2.05) is 30.3 Å². The molecule has 0 saturated carbocycles. The molecule has 1 atom stereocenters. The van der Waals surface area contributed by atoms with Crippen LogP contribution < -0.4 is 4.74 Å². The van der Waals surface area contributed by atoms with Crippen LogP contribution in [0.2, 0.25) is 5.02 Å². The molecule has 1 heterocycles. The van der Waals surface area contributed by atoms with E-state index >= 15 is 0 Å². The van der Waals surface area contributed by atoms with Crippen molar-refractivity contribution in [3.63, 3.8) is 0 Å². The van der Waals surface area contributed by atoms with Crippen LogP contribution in [0.5, 0.6) is 5.88 Å². The van der Waals surface area contributed by atoms with Crippen LogP contribution in [0.1, 0.15) is 6.92 Å². The fourth-order valence-corrected chi connectivity index (χ4v) is 1.52. The lowest BCUT2D eigenvalue weighted by Gasteiger charge is -2.07. The first kappa shape index (κ1) is 12.4. The molecule has 6 heteroatoms. The average Bonchev–Trinajstić information content (AvgIpc) is 2.72. The minimum atomic E-state index is -1.07. The van der Waals surface area contributed by atoms with E-state index < -0.39 is 12.1 Å². The highest BCUT2D eigenvalue weighted by molar-refractivity contribution is 6.31. The number of carboxylic acid groups (broad SMARTS) is 1. The second-order valence-electron chi connectivity index (χ2n) is 3.66. The number of carbonyl (C=O) groups is 1. The van der Waals surface area contributed by atoms with E-state index in [1.165, 1.54) is 11.6 Å². The van der Waals surface area contributed by atoms with Gasteiger partial charge < -0.3 is 9.84 Å². The second kappa shape index (κ2) is 5.10. The lowest BCUT2D eigenvalue weighted by molar-refractivity contribution is -0.144. The topological polar surface area (TPSA) is 64.4 Å². The molecule has 0 bridgehead atoms. The van der Waals surface area contributed by atoms with Gasteiger partial charge in [-0.3, -0.25) is 0 Å². The number of halogens is 1. The normalized spacial score (nSPS) is 12.1. The third-order valence-corrected chi connectivity index (χ3v) is 2.55. The van der Waals surface area contributed by atoms with Gasteiger partial charge in [0, 0.05) is 0 Å². The number of nitrogens with zero attached hydrogens (tertiary/aromatic N) is 2. The van der Waals surface area contributed by atoms with E-state index in [4.69, 9.17) is 21.4 Å². The van der Waals surface area contributed by atoms with Gasteiger partial charge >= 0.3 is 5.97 Å². The molecule has 0 aliphatic rings. The first-order valence-corrected chi connectivity index (χ1v) is 5.66. The van der Waals surface area contributed by atoms with Gasteiger partial charge in [0.25, 0.3) is 5.88 Å². The smallest absolute Gasteiger partial charge is 0.344 e. The largest absolute Gasteiger partial charge is 0.479 e. The van der Waals surface area contributed by atoms with Gasteiger partial charge in [-0.25, -0.2) is 9.48 Å². The summed E-state index contributed by atoms with van der Waals surface area (Å²) in [7, 11) is 0. The van der Waals surface area contributed by atoms with E-state index in [2.05, 4.69) is 5.10 Å². The lowest BCUT2D eigenvalue weighted by Crippen LogP contribution is -2.23. The summed E-state index contributed by atoms with van der Waals surface area (Å²) in [6.45, 7) is 1.42. The first-order valence-electron chi connectivity index (χ1n) is 5.28. The number of aliphatic carboxylic acids is 1. The maximum atomic E-state index is 10.7. The molecule has 5 nitrogen and oxygen atoms in total. The number of carboxylic acids is 1. The van der Waals surface area contributed by atoms with Crippen molar-refractivity contribution in [2.45, 2.75) is 13.0 Å². The molecule has 2 aromatic rings. The van der Waals surface area contributed by atoms with Gasteiger partial charge in [0.2, 0.25) is 0 Å². The second-order valence-corrected chi connectivity index (χ2v) is 4.07. The van der Waals surface area contributed by atoms with E-state index in [0.29, 0.717) is 0 Å². The van der Waals surface area contributed by atoms with Crippen LogP contribution >= 0.6 is 11.6 Å². The Morgan fingerprint density at radius 3 is 2.72 bits per heavy atom. The number of benzene rings is 1. The van der Waals surface area contributed by atoms with Gasteiger partial charge in [-0.05, 0) is 19.1 Å². The zero-order valence-corrected chi connectivity index (χ0v) is 10.3. The third kappa shape index (κ3) is 2.62. The van der Waals surface area contributed by atoms with Crippen molar-refractivity contribution < 1.29 is 14.6 Å². The first-order chi connectivity index (χ1) is 8.58. The molecule has 0 fully saturated rings. The molecular formula is C12H11ClN2O3. The maximum absolute atomic E-state index is 10.7. The van der Waals surface area contributed by atoms with Crippen LogP contribution in [-0.4, -0.2) is 27.0 Å². The van der Waals surface area contributed by atoms with Crippen molar-refractivity contribution in [3.8, 4) is 11.6 Å². The summed E-state index contributed by atoms with van der Waals surface area (Å²) in [4.78, 5) is 10.7. The van der Waals surface area contributed by atoms with Crippen molar-refractivity contribution >= 4 is 17.6 Å². The molecule has 1 aromatic carbocycles. The molecule has 0 unspecified atom stereocenters. The molecule has 18 heavy (non-hydrogen) atoms. The minimum absolute atomic E-state index is 0.107. The Kier molecular flexibility index (Phi) is 3.53. The molecule has 94 valence electrons. The van der Waals surface area contributed by atoms with E-state index in [-0.39, 0.29) is 10.9 Å². The predicted octanol–water partition coefficient (Wildman–Crippen LogP) is 2.38. The molecule has 0 saturated heterocycles. The Morgan fingerprint density at radius 1 is 1.44 bits per heavy atom. The summed E-state index contributed by atoms with van der Waals surface area (Å²) >= 11 is 5.94. The highest BCUT2D eigenvalue weighted by Crippen LogP contribution is 2.24. The molecule has 1 aromatic heterocycles. The Hall–Kier alpha value is -2.01. The molecule has 0 aliphatic carbocycles. The van der Waals surface area contributed by atoms with E-state index in [0.717, 1.165) is 5.69 Å². The van der Waals surface area contributed by atoms with Gasteiger partial charge in [-0.1, -0.05) is 29.8 Å². The predicted molar refractivity (Wildman–Crippen MR) is 66.3 cm³/mol. The zero-order chi connectivity index (χ0) is 13.1. The Labute approximate surface area is 109 Å². The van der Waals surface area contributed by atoms with E-state index in [1.54, 1.807) is 6.20 Å². The van der Waals surface area contributed by atoms with Gasteiger partial charge in [0.15, 0.2) is 6.10 Å².